The topological polar surface area (TPSA) is 25.8 Å². The highest BCUT2D eigenvalue weighted by Crippen LogP contribution is 2.45. The van der Waals surface area contributed by atoms with Gasteiger partial charge in [-0.05, 0) is 105 Å². The standard InChI is InChI=1S/C42H36N2/c1-5-29-15-11-13-27(3)39(29)31-21-33(25-43-23-31)41-35-17-7-9-19-37(35)42(38-20-10-8-18-36(38)41)34-22-32(24-44-26-34)40-28(4)14-12-16-30(40)6-2/h7-26H,5-6H2,1-4H3. The van der Waals surface area contributed by atoms with Crippen LogP contribution < -0.4 is 0 Å². The molecule has 0 amide bonds. The van der Waals surface area contributed by atoms with Crippen molar-refractivity contribution in [2.45, 2.75) is 40.5 Å². The van der Waals surface area contributed by atoms with Crippen LogP contribution in [-0.4, -0.2) is 9.97 Å². The fourth-order valence-corrected chi connectivity index (χ4v) is 7.05. The minimum atomic E-state index is 0.983. The molecular weight excluding hydrogens is 532 g/mol. The van der Waals surface area contributed by atoms with Crippen molar-refractivity contribution in [3.8, 4) is 44.5 Å². The summed E-state index contributed by atoms with van der Waals surface area (Å²) in [5.41, 5.74) is 14.9. The zero-order valence-corrected chi connectivity index (χ0v) is 25.9. The first-order valence-corrected chi connectivity index (χ1v) is 15.6. The van der Waals surface area contributed by atoms with E-state index in [2.05, 4.69) is 125 Å². The summed E-state index contributed by atoms with van der Waals surface area (Å²) in [5, 5.41) is 4.87. The van der Waals surface area contributed by atoms with E-state index in [1.165, 1.54) is 66.1 Å². The summed E-state index contributed by atoms with van der Waals surface area (Å²) in [6, 6.07) is 35.4. The average molecular weight is 569 g/mol. The van der Waals surface area contributed by atoms with Crippen molar-refractivity contribution in [1.29, 1.82) is 0 Å². The van der Waals surface area contributed by atoms with Gasteiger partial charge in [0.05, 0.1) is 0 Å². The lowest BCUT2D eigenvalue weighted by atomic mass is 9.85. The predicted molar refractivity (Wildman–Crippen MR) is 187 cm³/mol. The molecule has 0 saturated heterocycles. The minimum absolute atomic E-state index is 0.983. The van der Waals surface area contributed by atoms with Crippen LogP contribution >= 0.6 is 0 Å². The Morgan fingerprint density at radius 3 is 1.09 bits per heavy atom. The highest BCUT2D eigenvalue weighted by atomic mass is 14.6. The lowest BCUT2D eigenvalue weighted by molar-refractivity contribution is 1.13. The van der Waals surface area contributed by atoms with E-state index in [1.807, 2.05) is 24.8 Å². The Kier molecular flexibility index (Phi) is 7.28. The van der Waals surface area contributed by atoms with Crippen LogP contribution in [0, 0.1) is 13.8 Å². The van der Waals surface area contributed by atoms with Gasteiger partial charge in [-0.25, -0.2) is 0 Å². The molecule has 44 heavy (non-hydrogen) atoms. The largest absolute Gasteiger partial charge is 0.263 e. The van der Waals surface area contributed by atoms with Crippen LogP contribution in [0.15, 0.2) is 122 Å². The summed E-state index contributed by atoms with van der Waals surface area (Å²) in [6.45, 7) is 8.84. The van der Waals surface area contributed by atoms with Crippen LogP contribution in [-0.2, 0) is 12.8 Å². The summed E-state index contributed by atoms with van der Waals surface area (Å²) in [5.74, 6) is 0. The molecule has 2 aromatic heterocycles. The van der Waals surface area contributed by atoms with Crippen molar-refractivity contribution in [2.24, 2.45) is 0 Å². The Labute approximate surface area is 260 Å². The Morgan fingerprint density at radius 2 is 0.750 bits per heavy atom. The molecule has 2 heterocycles. The number of hydrogen-bond acceptors (Lipinski definition) is 2. The van der Waals surface area contributed by atoms with Crippen molar-refractivity contribution in [1.82, 2.24) is 9.97 Å². The number of aryl methyl sites for hydroxylation is 4. The van der Waals surface area contributed by atoms with Gasteiger partial charge < -0.3 is 0 Å². The molecule has 0 bridgehead atoms. The second-order valence-corrected chi connectivity index (χ2v) is 11.7. The molecule has 0 aliphatic carbocycles. The highest BCUT2D eigenvalue weighted by molar-refractivity contribution is 6.21. The van der Waals surface area contributed by atoms with Crippen molar-refractivity contribution in [3.05, 3.63) is 144 Å². The van der Waals surface area contributed by atoms with Gasteiger partial charge in [-0.15, -0.1) is 0 Å². The van der Waals surface area contributed by atoms with Crippen LogP contribution in [0.25, 0.3) is 66.1 Å². The maximum Gasteiger partial charge on any atom is 0.0347 e. The summed E-state index contributed by atoms with van der Waals surface area (Å²) in [6.07, 6.45) is 10.0. The Balaban J connectivity index is 1.50. The normalized spacial score (nSPS) is 11.4. The SMILES string of the molecule is CCc1cccc(C)c1-c1cncc(-c2c3ccccc3c(-c3cncc(-c4c(C)cccc4CC)c3)c3ccccc23)c1. The van der Waals surface area contributed by atoms with Gasteiger partial charge in [-0.2, -0.15) is 0 Å². The maximum atomic E-state index is 4.81. The van der Waals surface area contributed by atoms with Crippen molar-refractivity contribution >= 4 is 21.5 Å². The molecule has 2 nitrogen and oxygen atoms in total. The second-order valence-electron chi connectivity index (χ2n) is 11.7. The summed E-state index contributed by atoms with van der Waals surface area (Å²) in [4.78, 5) is 9.62. The lowest BCUT2D eigenvalue weighted by Gasteiger charge is -2.19. The molecular formula is C42H36N2. The van der Waals surface area contributed by atoms with Crippen molar-refractivity contribution in [3.63, 3.8) is 0 Å². The fraction of sp³-hybridized carbons (Fsp3) is 0.143. The molecule has 0 spiro atoms. The monoisotopic (exact) mass is 568 g/mol. The van der Waals surface area contributed by atoms with Gasteiger partial charge in [0.2, 0.25) is 0 Å². The Hall–Kier alpha value is -5.08. The van der Waals surface area contributed by atoms with Crippen LogP contribution in [0.1, 0.15) is 36.1 Å². The van der Waals surface area contributed by atoms with Gasteiger partial charge >= 0.3 is 0 Å². The average Bonchev–Trinajstić information content (AvgIpc) is 3.06. The third-order valence-electron chi connectivity index (χ3n) is 9.04. The summed E-state index contributed by atoms with van der Waals surface area (Å²) in [7, 11) is 0. The molecule has 0 fully saturated rings. The molecule has 7 aromatic rings. The molecule has 0 aliphatic heterocycles. The number of nitrogens with zero attached hydrogens (tertiary/aromatic N) is 2. The van der Waals surface area contributed by atoms with Crippen molar-refractivity contribution < 1.29 is 0 Å². The van der Waals surface area contributed by atoms with E-state index in [0.717, 1.165) is 35.1 Å². The van der Waals surface area contributed by atoms with E-state index in [0.29, 0.717) is 0 Å². The number of pyridine rings is 2. The fourth-order valence-electron chi connectivity index (χ4n) is 7.05. The van der Waals surface area contributed by atoms with Gasteiger partial charge in [-0.1, -0.05) is 98.8 Å². The van der Waals surface area contributed by atoms with E-state index in [9.17, 15) is 0 Å². The summed E-state index contributed by atoms with van der Waals surface area (Å²) >= 11 is 0. The second kappa shape index (κ2) is 11.5. The molecule has 0 saturated carbocycles. The molecule has 2 heteroatoms. The van der Waals surface area contributed by atoms with Crippen LogP contribution in [0.2, 0.25) is 0 Å². The van der Waals surface area contributed by atoms with E-state index < -0.39 is 0 Å². The first-order chi connectivity index (χ1) is 21.6. The van der Waals surface area contributed by atoms with Gasteiger partial charge in [0.25, 0.3) is 0 Å². The number of aromatic nitrogens is 2. The predicted octanol–water partition coefficient (Wildman–Crippen LogP) is 11.2. The molecule has 0 N–H and O–H groups in total. The molecule has 0 radical (unpaired) electrons. The van der Waals surface area contributed by atoms with Crippen LogP contribution in [0.3, 0.4) is 0 Å². The number of rotatable bonds is 6. The Morgan fingerprint density at radius 1 is 0.409 bits per heavy atom. The van der Waals surface area contributed by atoms with E-state index in [1.54, 1.807) is 0 Å². The molecule has 7 rings (SSSR count). The lowest BCUT2D eigenvalue weighted by Crippen LogP contribution is -1.95. The molecule has 0 unspecified atom stereocenters. The van der Waals surface area contributed by atoms with Gasteiger partial charge in [-0.3, -0.25) is 9.97 Å². The van der Waals surface area contributed by atoms with Crippen LogP contribution in [0.4, 0.5) is 0 Å². The first-order valence-electron chi connectivity index (χ1n) is 15.6. The molecule has 0 atom stereocenters. The Bertz CT molecular complexity index is 1960. The smallest absolute Gasteiger partial charge is 0.0347 e. The number of fused-ring (bicyclic) bond motifs is 2. The molecule has 5 aromatic carbocycles. The zero-order chi connectivity index (χ0) is 30.2. The van der Waals surface area contributed by atoms with Crippen molar-refractivity contribution in [2.75, 3.05) is 0 Å². The third kappa shape index (κ3) is 4.68. The van der Waals surface area contributed by atoms with Gasteiger partial charge in [0, 0.05) is 47.0 Å². The zero-order valence-electron chi connectivity index (χ0n) is 25.9. The van der Waals surface area contributed by atoms with Gasteiger partial charge in [0.15, 0.2) is 0 Å². The minimum Gasteiger partial charge on any atom is -0.263 e. The number of hydrogen-bond donors (Lipinski definition) is 0. The maximum absolute atomic E-state index is 4.81. The van der Waals surface area contributed by atoms with E-state index >= 15 is 0 Å². The quantitative estimate of drug-likeness (QED) is 0.186. The third-order valence-corrected chi connectivity index (χ3v) is 9.04. The van der Waals surface area contributed by atoms with E-state index in [4.69, 9.17) is 9.97 Å². The number of benzene rings is 5. The van der Waals surface area contributed by atoms with E-state index in [-0.39, 0.29) is 0 Å². The van der Waals surface area contributed by atoms with Gasteiger partial charge in [0.1, 0.15) is 0 Å². The molecule has 214 valence electrons. The molecule has 0 aliphatic rings. The summed E-state index contributed by atoms with van der Waals surface area (Å²) < 4.78 is 0. The first kappa shape index (κ1) is 27.7. The highest BCUT2D eigenvalue weighted by Gasteiger charge is 2.19. The van der Waals surface area contributed by atoms with Crippen LogP contribution in [0.5, 0.6) is 0 Å².